The van der Waals surface area contributed by atoms with Gasteiger partial charge in [-0.2, -0.15) is 0 Å². The standard InChI is InChI=1S/C12H12/c1-3-7-11-9-5-6-10-12(11)8-4-2/h3-10H,1-2H2. The summed E-state index contributed by atoms with van der Waals surface area (Å²) < 4.78 is 0. The lowest BCUT2D eigenvalue weighted by atomic mass is 10.2. The topological polar surface area (TPSA) is 0 Å². The third kappa shape index (κ3) is 1.96. The van der Waals surface area contributed by atoms with E-state index in [4.69, 9.17) is 0 Å². The van der Waals surface area contributed by atoms with Gasteiger partial charge in [-0.3, -0.25) is 0 Å². The maximum Gasteiger partial charge on any atom is -0.0184 e. The predicted molar refractivity (Wildman–Crippen MR) is 55.0 cm³/mol. The van der Waals surface area contributed by atoms with Gasteiger partial charge in [0.2, 0.25) is 0 Å². The fraction of sp³-hybridized carbons (Fsp3) is 0. The molecular weight excluding hydrogens is 144 g/mol. The molecule has 0 fully saturated rings. The molecule has 0 amide bonds. The van der Waals surface area contributed by atoms with E-state index in [2.05, 4.69) is 25.3 Å². The third-order valence-corrected chi connectivity index (χ3v) is 1.59. The van der Waals surface area contributed by atoms with Crippen LogP contribution in [0.5, 0.6) is 0 Å². The van der Waals surface area contributed by atoms with E-state index in [1.165, 1.54) is 10.4 Å². The van der Waals surface area contributed by atoms with Crippen LogP contribution in [-0.4, -0.2) is 0 Å². The second-order valence-corrected chi connectivity index (χ2v) is 2.43. The number of hydrogen-bond donors (Lipinski definition) is 0. The summed E-state index contributed by atoms with van der Waals surface area (Å²) in [4.78, 5) is 0. The van der Waals surface area contributed by atoms with E-state index in [1.807, 2.05) is 24.3 Å². The number of rotatable bonds is 2. The molecule has 0 aromatic heterocycles. The van der Waals surface area contributed by atoms with Crippen molar-refractivity contribution in [2.45, 2.75) is 0 Å². The highest BCUT2D eigenvalue weighted by atomic mass is 13.8. The maximum absolute atomic E-state index is 3.66. The van der Waals surface area contributed by atoms with Crippen LogP contribution >= 0.6 is 0 Å². The van der Waals surface area contributed by atoms with E-state index in [0.29, 0.717) is 0 Å². The molecule has 0 aliphatic rings. The zero-order chi connectivity index (χ0) is 8.81. The quantitative estimate of drug-likeness (QED) is 0.610. The number of hydrogen-bond acceptors (Lipinski definition) is 0. The van der Waals surface area contributed by atoms with Crippen molar-refractivity contribution in [3.63, 3.8) is 0 Å². The van der Waals surface area contributed by atoms with E-state index in [0.717, 1.165) is 0 Å². The van der Waals surface area contributed by atoms with Gasteiger partial charge in [-0.05, 0) is 10.4 Å². The van der Waals surface area contributed by atoms with Gasteiger partial charge in [-0.1, -0.05) is 61.7 Å². The minimum absolute atomic E-state index is 1.17. The van der Waals surface area contributed by atoms with Gasteiger partial charge in [0, 0.05) is 0 Å². The predicted octanol–water partition coefficient (Wildman–Crippen LogP) is 1.62. The molecule has 0 spiro atoms. The fourth-order valence-electron chi connectivity index (χ4n) is 1.07. The average Bonchev–Trinajstić information content (AvgIpc) is 2.09. The van der Waals surface area contributed by atoms with Crippen molar-refractivity contribution in [2.24, 2.45) is 0 Å². The van der Waals surface area contributed by atoms with Gasteiger partial charge in [0.25, 0.3) is 0 Å². The van der Waals surface area contributed by atoms with Gasteiger partial charge in [0.1, 0.15) is 0 Å². The van der Waals surface area contributed by atoms with E-state index >= 15 is 0 Å². The fourth-order valence-corrected chi connectivity index (χ4v) is 1.07. The molecule has 0 aliphatic heterocycles. The molecule has 0 heterocycles. The largest absolute Gasteiger partial charge is 0.0990 e. The molecule has 0 atom stereocenters. The molecule has 0 saturated heterocycles. The molecule has 1 aromatic carbocycles. The third-order valence-electron chi connectivity index (χ3n) is 1.59. The van der Waals surface area contributed by atoms with Gasteiger partial charge in [0.15, 0.2) is 0 Å². The van der Waals surface area contributed by atoms with Gasteiger partial charge in [-0.25, -0.2) is 0 Å². The Morgan fingerprint density at radius 3 is 1.58 bits per heavy atom. The SMILES string of the molecule is C=CC=c1ccccc1=CC=C. The van der Waals surface area contributed by atoms with Crippen LogP contribution in [0, 0.1) is 0 Å². The van der Waals surface area contributed by atoms with Crippen molar-refractivity contribution in [1.29, 1.82) is 0 Å². The van der Waals surface area contributed by atoms with E-state index in [9.17, 15) is 0 Å². The summed E-state index contributed by atoms with van der Waals surface area (Å²) in [7, 11) is 0. The highest BCUT2D eigenvalue weighted by Gasteiger charge is 1.79. The number of allylic oxidation sites excluding steroid dienone is 2. The van der Waals surface area contributed by atoms with E-state index < -0.39 is 0 Å². The normalized spacial score (nSPS) is 13.0. The molecule has 1 rings (SSSR count). The highest BCUT2D eigenvalue weighted by Crippen LogP contribution is 1.73. The van der Waals surface area contributed by atoms with Crippen LogP contribution in [0.1, 0.15) is 0 Å². The first kappa shape index (κ1) is 8.54. The molecular formula is C12H12. The summed E-state index contributed by atoms with van der Waals surface area (Å²) in [6.45, 7) is 7.32. The van der Waals surface area contributed by atoms with Gasteiger partial charge in [0.05, 0.1) is 0 Å². The first-order valence-electron chi connectivity index (χ1n) is 3.89. The zero-order valence-electron chi connectivity index (χ0n) is 7.03. The maximum atomic E-state index is 3.66. The summed E-state index contributed by atoms with van der Waals surface area (Å²) in [5.74, 6) is 0. The molecule has 1 aromatic rings. The molecule has 12 heavy (non-hydrogen) atoms. The van der Waals surface area contributed by atoms with Crippen molar-refractivity contribution in [2.75, 3.05) is 0 Å². The summed E-state index contributed by atoms with van der Waals surface area (Å²) in [6, 6.07) is 8.12. The van der Waals surface area contributed by atoms with Crippen molar-refractivity contribution < 1.29 is 0 Å². The molecule has 0 bridgehead atoms. The zero-order valence-corrected chi connectivity index (χ0v) is 7.03. The Balaban J connectivity index is 3.47. The Kier molecular flexibility index (Phi) is 3.09. The monoisotopic (exact) mass is 156 g/mol. The van der Waals surface area contributed by atoms with Crippen LogP contribution in [0.15, 0.2) is 49.6 Å². The van der Waals surface area contributed by atoms with E-state index in [1.54, 1.807) is 12.2 Å². The molecule has 0 radical (unpaired) electrons. The highest BCUT2D eigenvalue weighted by molar-refractivity contribution is 5.42. The lowest BCUT2D eigenvalue weighted by Crippen LogP contribution is -2.22. The summed E-state index contributed by atoms with van der Waals surface area (Å²) in [6.07, 6.45) is 7.54. The van der Waals surface area contributed by atoms with Crippen LogP contribution in [0.25, 0.3) is 12.2 Å². The molecule has 0 unspecified atom stereocenters. The van der Waals surface area contributed by atoms with Gasteiger partial charge >= 0.3 is 0 Å². The van der Waals surface area contributed by atoms with Crippen molar-refractivity contribution in [1.82, 2.24) is 0 Å². The first-order valence-corrected chi connectivity index (χ1v) is 3.89. The summed E-state index contributed by atoms with van der Waals surface area (Å²) in [5.41, 5.74) is 0. The first-order chi connectivity index (χ1) is 5.88. The lowest BCUT2D eigenvalue weighted by molar-refractivity contribution is 1.52. The Bertz CT molecular complexity index is 344. The Hall–Kier alpha value is -1.56. The van der Waals surface area contributed by atoms with Crippen molar-refractivity contribution >= 4 is 12.2 Å². The number of benzene rings is 1. The van der Waals surface area contributed by atoms with Gasteiger partial charge < -0.3 is 0 Å². The van der Waals surface area contributed by atoms with Crippen LogP contribution in [0.4, 0.5) is 0 Å². The summed E-state index contributed by atoms with van der Waals surface area (Å²) >= 11 is 0. The van der Waals surface area contributed by atoms with Crippen LogP contribution in [0.2, 0.25) is 0 Å². The molecule has 0 aliphatic carbocycles. The lowest BCUT2D eigenvalue weighted by Gasteiger charge is -1.86. The van der Waals surface area contributed by atoms with Gasteiger partial charge in [-0.15, -0.1) is 0 Å². The molecule has 0 nitrogen and oxygen atoms in total. The van der Waals surface area contributed by atoms with Crippen LogP contribution < -0.4 is 10.4 Å². The summed E-state index contributed by atoms with van der Waals surface area (Å²) in [5, 5.41) is 2.35. The molecule has 0 saturated carbocycles. The minimum atomic E-state index is 1.17. The Morgan fingerprint density at radius 2 is 1.25 bits per heavy atom. The second-order valence-electron chi connectivity index (χ2n) is 2.43. The minimum Gasteiger partial charge on any atom is -0.0990 e. The average molecular weight is 156 g/mol. The van der Waals surface area contributed by atoms with E-state index in [-0.39, 0.29) is 0 Å². The Morgan fingerprint density at radius 1 is 0.833 bits per heavy atom. The van der Waals surface area contributed by atoms with Crippen molar-refractivity contribution in [3.05, 3.63) is 60.0 Å². The molecule has 60 valence electrons. The Labute approximate surface area is 72.9 Å². The van der Waals surface area contributed by atoms with Crippen LogP contribution in [0.3, 0.4) is 0 Å². The van der Waals surface area contributed by atoms with Crippen LogP contribution in [-0.2, 0) is 0 Å². The second kappa shape index (κ2) is 4.35. The smallest absolute Gasteiger partial charge is 0.0184 e. The molecule has 0 N–H and O–H groups in total. The molecule has 0 heteroatoms. The van der Waals surface area contributed by atoms with Crippen molar-refractivity contribution in [3.8, 4) is 0 Å².